The molecule has 10 heteroatoms. The summed E-state index contributed by atoms with van der Waals surface area (Å²) in [7, 11) is 7.88. The number of imidazole rings is 1. The summed E-state index contributed by atoms with van der Waals surface area (Å²) in [5.41, 5.74) is 2.19. The molecular formula is C25H27N5O5. The fraction of sp³-hybridized carbons (Fsp3) is 0.240. The van der Waals surface area contributed by atoms with Crippen LogP contribution >= 0.6 is 0 Å². The molecule has 0 spiro atoms. The van der Waals surface area contributed by atoms with Gasteiger partial charge >= 0.3 is 0 Å². The smallest absolute Gasteiger partial charge is 0.203 e. The number of ether oxygens (including phenoxy) is 5. The molecule has 0 atom stereocenters. The summed E-state index contributed by atoms with van der Waals surface area (Å²) < 4.78 is 29.1. The van der Waals surface area contributed by atoms with Crippen LogP contribution in [-0.2, 0) is 0 Å². The Labute approximate surface area is 203 Å². The molecule has 0 bridgehead atoms. The Morgan fingerprint density at radius 1 is 0.829 bits per heavy atom. The quantitative estimate of drug-likeness (QED) is 0.369. The van der Waals surface area contributed by atoms with Crippen molar-refractivity contribution in [3.8, 4) is 34.4 Å². The Kier molecular flexibility index (Phi) is 6.63. The normalized spacial score (nSPS) is 10.7. The second-order valence-electron chi connectivity index (χ2n) is 7.58. The Balaban J connectivity index is 1.77. The van der Waals surface area contributed by atoms with Gasteiger partial charge in [0.1, 0.15) is 18.0 Å². The predicted octanol–water partition coefficient (Wildman–Crippen LogP) is 4.64. The first-order chi connectivity index (χ1) is 16.9. The van der Waals surface area contributed by atoms with Gasteiger partial charge in [0.05, 0.1) is 52.9 Å². The van der Waals surface area contributed by atoms with Crippen molar-refractivity contribution in [2.75, 3.05) is 40.9 Å². The zero-order valence-corrected chi connectivity index (χ0v) is 20.5. The number of benzene rings is 2. The third-order valence-electron chi connectivity index (χ3n) is 5.36. The highest BCUT2D eigenvalue weighted by Crippen LogP contribution is 2.40. The largest absolute Gasteiger partial charge is 0.493 e. The number of methoxy groups -OCH3 is 5. The molecule has 10 nitrogen and oxygen atoms in total. The number of fused-ring (bicyclic) bond motifs is 1. The molecular weight excluding hydrogens is 450 g/mol. The second-order valence-corrected chi connectivity index (χ2v) is 7.58. The van der Waals surface area contributed by atoms with Gasteiger partial charge in [-0.2, -0.15) is 0 Å². The number of hydrogen-bond donors (Lipinski definition) is 1. The topological polar surface area (TPSA) is 102 Å². The van der Waals surface area contributed by atoms with E-state index in [1.54, 1.807) is 41.9 Å². The van der Waals surface area contributed by atoms with E-state index in [1.165, 1.54) is 0 Å². The Bertz CT molecular complexity index is 1370. The average molecular weight is 478 g/mol. The van der Waals surface area contributed by atoms with Crippen molar-refractivity contribution in [2.45, 2.75) is 6.92 Å². The van der Waals surface area contributed by atoms with E-state index in [1.807, 2.05) is 42.0 Å². The molecule has 0 unspecified atom stereocenters. The molecule has 0 saturated carbocycles. The molecule has 0 fully saturated rings. The highest BCUT2D eigenvalue weighted by atomic mass is 16.5. The highest BCUT2D eigenvalue weighted by Gasteiger charge is 2.17. The molecule has 0 saturated heterocycles. The first-order valence-electron chi connectivity index (χ1n) is 10.6. The summed E-state index contributed by atoms with van der Waals surface area (Å²) in [6.07, 6.45) is 3.51. The summed E-state index contributed by atoms with van der Waals surface area (Å²) in [6.45, 7) is 5.84. The number of anilines is 2. The van der Waals surface area contributed by atoms with Gasteiger partial charge in [-0.25, -0.2) is 15.0 Å². The zero-order valence-electron chi connectivity index (χ0n) is 20.5. The van der Waals surface area contributed by atoms with Gasteiger partial charge in [-0.3, -0.25) is 0 Å². The van der Waals surface area contributed by atoms with Crippen LogP contribution in [0, 0.1) is 0 Å². The fourth-order valence-corrected chi connectivity index (χ4v) is 3.61. The lowest BCUT2D eigenvalue weighted by Gasteiger charge is -2.14. The van der Waals surface area contributed by atoms with Crippen molar-refractivity contribution in [1.29, 1.82) is 0 Å². The van der Waals surface area contributed by atoms with Gasteiger partial charge in [0.15, 0.2) is 28.8 Å². The number of nitrogens with zero attached hydrogens (tertiary/aromatic N) is 4. The van der Waals surface area contributed by atoms with Gasteiger partial charge in [-0.15, -0.1) is 0 Å². The monoisotopic (exact) mass is 477 g/mol. The first kappa shape index (κ1) is 23.7. The van der Waals surface area contributed by atoms with E-state index in [4.69, 9.17) is 23.7 Å². The van der Waals surface area contributed by atoms with E-state index in [-0.39, 0.29) is 0 Å². The number of allylic oxidation sites excluding steroid dienone is 1. The maximum Gasteiger partial charge on any atom is 0.203 e. The van der Waals surface area contributed by atoms with Crippen molar-refractivity contribution >= 4 is 28.1 Å². The van der Waals surface area contributed by atoms with Crippen LogP contribution in [0.25, 0.3) is 22.2 Å². The summed E-state index contributed by atoms with van der Waals surface area (Å²) in [6, 6.07) is 7.31. The molecule has 0 aliphatic carbocycles. The van der Waals surface area contributed by atoms with Gasteiger partial charge in [0.25, 0.3) is 0 Å². The minimum atomic E-state index is 0.510. The van der Waals surface area contributed by atoms with Gasteiger partial charge in [0, 0.05) is 23.6 Å². The predicted molar refractivity (Wildman–Crippen MR) is 134 cm³/mol. The fourth-order valence-electron chi connectivity index (χ4n) is 3.61. The van der Waals surface area contributed by atoms with Gasteiger partial charge < -0.3 is 33.6 Å². The van der Waals surface area contributed by atoms with E-state index in [2.05, 4.69) is 26.8 Å². The SMILES string of the molecule is C=C(C)c1nc(Nc2cn(-c3cc(OC)c(OC)c(OC)c3)cn2)c2cc(OC)c(OC)cc2n1. The van der Waals surface area contributed by atoms with Gasteiger partial charge in [-0.1, -0.05) is 6.58 Å². The third-order valence-corrected chi connectivity index (χ3v) is 5.36. The molecule has 4 rings (SSSR count). The maximum absolute atomic E-state index is 5.47. The van der Waals surface area contributed by atoms with Crippen molar-refractivity contribution in [2.24, 2.45) is 0 Å². The van der Waals surface area contributed by atoms with E-state index < -0.39 is 0 Å². The van der Waals surface area contributed by atoms with Crippen LogP contribution in [0.4, 0.5) is 11.6 Å². The van der Waals surface area contributed by atoms with Crippen LogP contribution < -0.4 is 29.0 Å². The first-order valence-corrected chi connectivity index (χ1v) is 10.6. The van der Waals surface area contributed by atoms with Crippen molar-refractivity contribution in [3.63, 3.8) is 0 Å². The van der Waals surface area contributed by atoms with Crippen molar-refractivity contribution in [3.05, 3.63) is 49.2 Å². The lowest BCUT2D eigenvalue weighted by molar-refractivity contribution is 0.324. The lowest BCUT2D eigenvalue weighted by Crippen LogP contribution is -2.02. The van der Waals surface area contributed by atoms with E-state index in [9.17, 15) is 0 Å². The summed E-state index contributed by atoms with van der Waals surface area (Å²) in [5, 5.41) is 4.04. The van der Waals surface area contributed by atoms with Crippen LogP contribution in [0.1, 0.15) is 12.7 Å². The Morgan fingerprint density at radius 3 is 2.03 bits per heavy atom. The second kappa shape index (κ2) is 9.80. The minimum absolute atomic E-state index is 0.510. The molecule has 182 valence electrons. The van der Waals surface area contributed by atoms with Gasteiger partial charge in [0.2, 0.25) is 5.75 Å². The highest BCUT2D eigenvalue weighted by molar-refractivity contribution is 5.93. The number of aromatic nitrogens is 4. The zero-order chi connectivity index (χ0) is 25.1. The molecule has 2 aromatic carbocycles. The summed E-state index contributed by atoms with van der Waals surface area (Å²) >= 11 is 0. The number of rotatable bonds is 9. The van der Waals surface area contributed by atoms with Crippen LogP contribution in [0.2, 0.25) is 0 Å². The number of hydrogen-bond acceptors (Lipinski definition) is 9. The van der Waals surface area contributed by atoms with Crippen LogP contribution in [0.3, 0.4) is 0 Å². The van der Waals surface area contributed by atoms with E-state index >= 15 is 0 Å². The Morgan fingerprint density at radius 2 is 1.46 bits per heavy atom. The molecule has 0 amide bonds. The standard InChI is InChI=1S/C25H27N5O5/c1-14(2)24-27-17-11-19(32-4)18(31-3)10-16(17)25(29-24)28-22-12-30(13-26-22)15-8-20(33-5)23(35-7)21(9-15)34-6/h8-13H,1H2,2-7H3,(H,27,28,29). The maximum atomic E-state index is 5.47. The van der Waals surface area contributed by atoms with E-state index in [0.29, 0.717) is 51.7 Å². The van der Waals surface area contributed by atoms with E-state index in [0.717, 1.165) is 16.6 Å². The molecule has 1 N–H and O–H groups in total. The average Bonchev–Trinajstić information content (AvgIpc) is 3.35. The molecule has 0 radical (unpaired) electrons. The van der Waals surface area contributed by atoms with Crippen molar-refractivity contribution < 1.29 is 23.7 Å². The lowest BCUT2D eigenvalue weighted by atomic mass is 10.2. The Hall–Kier alpha value is -4.47. The molecule has 0 aliphatic heterocycles. The molecule has 2 heterocycles. The molecule has 4 aromatic rings. The number of nitrogens with one attached hydrogen (secondary N) is 1. The minimum Gasteiger partial charge on any atom is -0.493 e. The van der Waals surface area contributed by atoms with Crippen molar-refractivity contribution in [1.82, 2.24) is 19.5 Å². The van der Waals surface area contributed by atoms with Crippen LogP contribution in [0.5, 0.6) is 28.7 Å². The summed E-state index contributed by atoms with van der Waals surface area (Å²) in [5.74, 6) is 4.38. The molecule has 35 heavy (non-hydrogen) atoms. The van der Waals surface area contributed by atoms with Crippen LogP contribution in [0.15, 0.2) is 43.4 Å². The molecule has 2 aromatic heterocycles. The molecule has 0 aliphatic rings. The third kappa shape index (κ3) is 4.50. The van der Waals surface area contributed by atoms with Gasteiger partial charge in [-0.05, 0) is 18.6 Å². The summed E-state index contributed by atoms with van der Waals surface area (Å²) in [4.78, 5) is 13.8. The van der Waals surface area contributed by atoms with Crippen LogP contribution in [-0.4, -0.2) is 55.1 Å².